The van der Waals surface area contributed by atoms with Crippen molar-refractivity contribution in [2.24, 2.45) is 5.18 Å². The monoisotopic (exact) mass is 167 g/mol. The van der Waals surface area contributed by atoms with E-state index in [9.17, 15) is 4.91 Å². The third-order valence-electron chi connectivity index (χ3n) is 2.05. The molecule has 1 unspecified atom stereocenters. The Hall–Kier alpha value is -0.840. The van der Waals surface area contributed by atoms with Gasteiger partial charge >= 0.3 is 0 Å². The Balaban J connectivity index is 4.17. The number of hydrogen-bond acceptors (Lipinski definition) is 2. The van der Waals surface area contributed by atoms with E-state index in [2.05, 4.69) is 18.0 Å². The number of hydrogen-bond donors (Lipinski definition) is 0. The highest BCUT2D eigenvalue weighted by atomic mass is 16.3. The van der Waals surface area contributed by atoms with Gasteiger partial charge in [-0.2, -0.15) is 0 Å². The van der Waals surface area contributed by atoms with Crippen LogP contribution in [0.15, 0.2) is 5.18 Å². The Kier molecular flexibility index (Phi) is 5.36. The predicted octanol–water partition coefficient (Wildman–Crippen LogP) is 3.12. The smallest absolute Gasteiger partial charge is 0.149 e. The topological polar surface area (TPSA) is 29.4 Å². The Morgan fingerprint density at radius 2 is 2.00 bits per heavy atom. The molecule has 0 spiro atoms. The molecule has 0 aromatic rings. The van der Waals surface area contributed by atoms with Gasteiger partial charge in [-0.25, -0.2) is 0 Å². The summed E-state index contributed by atoms with van der Waals surface area (Å²) in [6.07, 6.45) is 9.71. The molecule has 0 saturated heterocycles. The van der Waals surface area contributed by atoms with Crippen molar-refractivity contribution in [1.82, 2.24) is 0 Å². The van der Waals surface area contributed by atoms with Crippen molar-refractivity contribution >= 4 is 0 Å². The highest BCUT2D eigenvalue weighted by Crippen LogP contribution is 2.23. The Bertz CT molecular complexity index is 171. The zero-order chi connectivity index (χ0) is 9.45. The lowest BCUT2D eigenvalue weighted by Crippen LogP contribution is -2.23. The summed E-state index contributed by atoms with van der Waals surface area (Å²) >= 11 is 0. The minimum absolute atomic E-state index is 0.715. The van der Waals surface area contributed by atoms with Crippen LogP contribution in [0.2, 0.25) is 0 Å². The van der Waals surface area contributed by atoms with E-state index in [-0.39, 0.29) is 0 Å². The van der Waals surface area contributed by atoms with Gasteiger partial charge in [0.25, 0.3) is 0 Å². The number of terminal acetylenes is 1. The summed E-state index contributed by atoms with van der Waals surface area (Å²) in [4.78, 5) is 10.6. The molecule has 2 nitrogen and oxygen atoms in total. The van der Waals surface area contributed by atoms with Crippen molar-refractivity contribution in [3.63, 3.8) is 0 Å². The lowest BCUT2D eigenvalue weighted by Gasteiger charge is -2.18. The van der Waals surface area contributed by atoms with Gasteiger partial charge in [-0.3, -0.25) is 0 Å². The number of rotatable bonds is 6. The van der Waals surface area contributed by atoms with Crippen molar-refractivity contribution in [3.05, 3.63) is 4.91 Å². The third-order valence-corrected chi connectivity index (χ3v) is 2.05. The maximum absolute atomic E-state index is 10.6. The van der Waals surface area contributed by atoms with E-state index in [1.807, 2.05) is 6.92 Å². The first kappa shape index (κ1) is 11.2. The van der Waals surface area contributed by atoms with Crippen LogP contribution in [-0.2, 0) is 0 Å². The predicted molar refractivity (Wildman–Crippen MR) is 51.8 cm³/mol. The van der Waals surface area contributed by atoms with Crippen molar-refractivity contribution in [3.8, 4) is 12.3 Å². The fourth-order valence-electron chi connectivity index (χ4n) is 1.27. The average Bonchev–Trinajstić information content (AvgIpc) is 2.13. The fraction of sp³-hybridized carbons (Fsp3) is 0.800. The van der Waals surface area contributed by atoms with Crippen LogP contribution in [0.25, 0.3) is 0 Å². The fourth-order valence-corrected chi connectivity index (χ4v) is 1.27. The molecule has 68 valence electrons. The first-order chi connectivity index (χ1) is 5.74. The molecule has 0 aliphatic heterocycles. The Labute approximate surface area is 74.7 Å². The van der Waals surface area contributed by atoms with E-state index < -0.39 is 5.54 Å². The van der Waals surface area contributed by atoms with Crippen LogP contribution in [0, 0.1) is 17.3 Å². The van der Waals surface area contributed by atoms with Gasteiger partial charge in [-0.1, -0.05) is 44.2 Å². The molecule has 0 aromatic carbocycles. The highest BCUT2D eigenvalue weighted by Gasteiger charge is 2.26. The molecule has 2 heteroatoms. The highest BCUT2D eigenvalue weighted by molar-refractivity contribution is 5.12. The van der Waals surface area contributed by atoms with Gasteiger partial charge in [-0.15, -0.1) is 11.3 Å². The molecule has 0 heterocycles. The summed E-state index contributed by atoms with van der Waals surface area (Å²) in [5.74, 6) is 2.52. The summed E-state index contributed by atoms with van der Waals surface area (Å²) in [6.45, 7) is 4.10. The SMILES string of the molecule is C#CC(CCC)(CCCC)N=O. The zero-order valence-corrected chi connectivity index (χ0v) is 7.97. The van der Waals surface area contributed by atoms with E-state index >= 15 is 0 Å². The van der Waals surface area contributed by atoms with Gasteiger partial charge in [0.15, 0.2) is 5.54 Å². The normalized spacial score (nSPS) is 14.8. The van der Waals surface area contributed by atoms with Crippen molar-refractivity contribution in [2.75, 3.05) is 0 Å². The summed E-state index contributed by atoms with van der Waals surface area (Å²) in [5, 5.41) is 3.08. The van der Waals surface area contributed by atoms with E-state index in [4.69, 9.17) is 6.42 Å². The molecule has 0 aliphatic rings. The quantitative estimate of drug-likeness (QED) is 0.441. The van der Waals surface area contributed by atoms with E-state index in [1.165, 1.54) is 0 Å². The molecular weight excluding hydrogens is 150 g/mol. The third kappa shape index (κ3) is 3.04. The van der Waals surface area contributed by atoms with Crippen molar-refractivity contribution in [1.29, 1.82) is 0 Å². The first-order valence-electron chi connectivity index (χ1n) is 4.57. The van der Waals surface area contributed by atoms with Gasteiger partial charge in [0.1, 0.15) is 0 Å². The van der Waals surface area contributed by atoms with Gasteiger partial charge in [0.2, 0.25) is 0 Å². The van der Waals surface area contributed by atoms with Crippen LogP contribution < -0.4 is 0 Å². The summed E-state index contributed by atoms with van der Waals surface area (Å²) in [5.41, 5.74) is -0.718. The standard InChI is InChI=1S/C10H17NO/c1-4-7-9-10(6-3,11-12)8-5-2/h3H,4-5,7-9H2,1-2H3. The van der Waals surface area contributed by atoms with E-state index in [0.29, 0.717) is 6.42 Å². The number of unbranched alkanes of at least 4 members (excludes halogenated alkanes) is 1. The molecule has 0 radical (unpaired) electrons. The lowest BCUT2D eigenvalue weighted by molar-refractivity contribution is 0.444. The van der Waals surface area contributed by atoms with Crippen LogP contribution in [0.3, 0.4) is 0 Å². The second-order valence-electron chi connectivity index (χ2n) is 3.12. The Morgan fingerprint density at radius 3 is 2.33 bits per heavy atom. The molecule has 0 aliphatic carbocycles. The molecule has 0 N–H and O–H groups in total. The minimum atomic E-state index is -0.718. The van der Waals surface area contributed by atoms with Crippen LogP contribution in [0.5, 0.6) is 0 Å². The van der Waals surface area contributed by atoms with Crippen molar-refractivity contribution in [2.45, 2.75) is 51.5 Å². The molecule has 12 heavy (non-hydrogen) atoms. The second kappa shape index (κ2) is 5.77. The second-order valence-corrected chi connectivity index (χ2v) is 3.12. The molecule has 0 rings (SSSR count). The van der Waals surface area contributed by atoms with E-state index in [0.717, 1.165) is 25.7 Å². The minimum Gasteiger partial charge on any atom is -0.149 e. The largest absolute Gasteiger partial charge is 0.162 e. The van der Waals surface area contributed by atoms with Crippen LogP contribution >= 0.6 is 0 Å². The number of nitrogens with zero attached hydrogens (tertiary/aromatic N) is 1. The molecule has 0 aromatic heterocycles. The maximum Gasteiger partial charge on any atom is 0.162 e. The van der Waals surface area contributed by atoms with Crippen LogP contribution in [-0.4, -0.2) is 5.54 Å². The van der Waals surface area contributed by atoms with Gasteiger partial charge in [0.05, 0.1) is 0 Å². The number of nitroso groups, excluding NO2 is 1. The van der Waals surface area contributed by atoms with Crippen LogP contribution in [0.4, 0.5) is 0 Å². The summed E-state index contributed by atoms with van der Waals surface area (Å²) < 4.78 is 0. The zero-order valence-electron chi connectivity index (χ0n) is 7.97. The summed E-state index contributed by atoms with van der Waals surface area (Å²) in [7, 11) is 0. The lowest BCUT2D eigenvalue weighted by atomic mass is 9.90. The molecule has 0 bridgehead atoms. The maximum atomic E-state index is 10.6. The molecule has 0 amide bonds. The van der Waals surface area contributed by atoms with Gasteiger partial charge < -0.3 is 0 Å². The van der Waals surface area contributed by atoms with E-state index in [1.54, 1.807) is 0 Å². The molecule has 0 fully saturated rings. The van der Waals surface area contributed by atoms with Gasteiger partial charge in [-0.05, 0) is 12.8 Å². The van der Waals surface area contributed by atoms with Crippen LogP contribution in [0.1, 0.15) is 46.0 Å². The molecule has 1 atom stereocenters. The molecule has 0 saturated carbocycles. The average molecular weight is 167 g/mol. The van der Waals surface area contributed by atoms with Gasteiger partial charge in [0, 0.05) is 0 Å². The first-order valence-corrected chi connectivity index (χ1v) is 4.57. The Morgan fingerprint density at radius 1 is 1.33 bits per heavy atom. The van der Waals surface area contributed by atoms with Crippen molar-refractivity contribution < 1.29 is 0 Å². The molecular formula is C10H17NO. The summed E-state index contributed by atoms with van der Waals surface area (Å²) in [6, 6.07) is 0.